The van der Waals surface area contributed by atoms with Crippen LogP contribution in [0.15, 0.2) is 72.8 Å². The Morgan fingerprint density at radius 3 is 2.33 bits per heavy atom. The molecule has 3 aromatic carbocycles. The van der Waals surface area contributed by atoms with Crippen LogP contribution in [0, 0.1) is 0 Å². The summed E-state index contributed by atoms with van der Waals surface area (Å²) in [4.78, 5) is 2.48. The van der Waals surface area contributed by atoms with E-state index in [1.807, 2.05) is 12.1 Å². The number of rotatable bonds is 3. The van der Waals surface area contributed by atoms with Gasteiger partial charge >= 0.3 is 0 Å². The van der Waals surface area contributed by atoms with Gasteiger partial charge in [0.25, 0.3) is 0 Å². The van der Waals surface area contributed by atoms with Crippen molar-refractivity contribution in [3.63, 3.8) is 0 Å². The van der Waals surface area contributed by atoms with E-state index in [0.29, 0.717) is 0 Å². The summed E-state index contributed by atoms with van der Waals surface area (Å²) in [6.45, 7) is 1.94. The zero-order valence-corrected chi connectivity index (χ0v) is 13.9. The highest BCUT2D eigenvalue weighted by Crippen LogP contribution is 2.36. The summed E-state index contributed by atoms with van der Waals surface area (Å²) in [5.41, 5.74) is 6.75. The zero-order valence-electron chi connectivity index (χ0n) is 13.9. The van der Waals surface area contributed by atoms with E-state index in [-0.39, 0.29) is 0 Å². The second-order valence-corrected chi connectivity index (χ2v) is 6.19. The monoisotopic (exact) mass is 315 g/mol. The quantitative estimate of drug-likeness (QED) is 0.680. The van der Waals surface area contributed by atoms with E-state index < -0.39 is 0 Å². The van der Waals surface area contributed by atoms with Crippen molar-refractivity contribution in [1.29, 1.82) is 0 Å². The van der Waals surface area contributed by atoms with Crippen molar-refractivity contribution in [2.75, 3.05) is 18.6 Å². The molecule has 0 amide bonds. The molecule has 0 unspecified atom stereocenters. The van der Waals surface area contributed by atoms with Crippen molar-refractivity contribution in [3.8, 4) is 16.9 Å². The van der Waals surface area contributed by atoms with Gasteiger partial charge in [-0.3, -0.25) is 0 Å². The van der Waals surface area contributed by atoms with Crippen molar-refractivity contribution < 1.29 is 4.74 Å². The highest BCUT2D eigenvalue weighted by molar-refractivity contribution is 5.81. The molecular weight excluding hydrogens is 294 g/mol. The predicted octanol–water partition coefficient (Wildman–Crippen LogP) is 4.92. The first-order valence-electron chi connectivity index (χ1n) is 8.40. The Morgan fingerprint density at radius 1 is 0.833 bits per heavy atom. The maximum Gasteiger partial charge on any atom is 0.118 e. The van der Waals surface area contributed by atoms with E-state index in [2.05, 4.69) is 65.6 Å². The third-order valence-corrected chi connectivity index (χ3v) is 4.74. The average molecular weight is 315 g/mol. The van der Waals surface area contributed by atoms with Gasteiger partial charge in [0.05, 0.1) is 7.11 Å². The SMILES string of the molecule is COc1ccc(CN2CCc3ccccc3-c3ccccc32)cc1. The maximum absolute atomic E-state index is 5.26. The molecule has 120 valence electrons. The van der Waals surface area contributed by atoms with Gasteiger partial charge in [-0.25, -0.2) is 0 Å². The fraction of sp³-hybridized carbons (Fsp3) is 0.182. The summed E-state index contributed by atoms with van der Waals surface area (Å²) >= 11 is 0. The normalized spacial score (nSPS) is 13.0. The molecule has 3 aromatic rings. The third-order valence-electron chi connectivity index (χ3n) is 4.74. The van der Waals surface area contributed by atoms with Gasteiger partial charge in [0.1, 0.15) is 5.75 Å². The minimum absolute atomic E-state index is 0.905. The lowest BCUT2D eigenvalue weighted by Gasteiger charge is -2.25. The van der Waals surface area contributed by atoms with Gasteiger partial charge in [-0.05, 0) is 41.3 Å². The topological polar surface area (TPSA) is 12.5 Å². The molecule has 0 N–H and O–H groups in total. The van der Waals surface area contributed by atoms with E-state index in [0.717, 1.165) is 25.3 Å². The van der Waals surface area contributed by atoms with Crippen LogP contribution in [0.5, 0.6) is 5.75 Å². The molecule has 0 bridgehead atoms. The average Bonchev–Trinajstić information content (AvgIpc) is 2.80. The molecule has 1 heterocycles. The van der Waals surface area contributed by atoms with Crippen LogP contribution < -0.4 is 9.64 Å². The molecule has 0 aromatic heterocycles. The van der Waals surface area contributed by atoms with E-state index >= 15 is 0 Å². The Bertz CT molecular complexity index is 839. The number of hydrogen-bond acceptors (Lipinski definition) is 2. The second kappa shape index (κ2) is 6.40. The molecule has 0 aliphatic carbocycles. The van der Waals surface area contributed by atoms with Crippen LogP contribution in [0.4, 0.5) is 5.69 Å². The molecule has 0 saturated heterocycles. The van der Waals surface area contributed by atoms with E-state index in [4.69, 9.17) is 4.74 Å². The van der Waals surface area contributed by atoms with Crippen molar-refractivity contribution in [1.82, 2.24) is 0 Å². The number of hydrogen-bond donors (Lipinski definition) is 0. The minimum Gasteiger partial charge on any atom is -0.497 e. The first-order chi connectivity index (χ1) is 11.8. The van der Waals surface area contributed by atoms with E-state index in [9.17, 15) is 0 Å². The first kappa shape index (κ1) is 14.8. The van der Waals surface area contributed by atoms with E-state index in [1.165, 1.54) is 27.9 Å². The summed E-state index contributed by atoms with van der Waals surface area (Å²) < 4.78 is 5.26. The highest BCUT2D eigenvalue weighted by atomic mass is 16.5. The smallest absolute Gasteiger partial charge is 0.118 e. The summed E-state index contributed by atoms with van der Waals surface area (Å²) in [5, 5.41) is 0. The van der Waals surface area contributed by atoms with Gasteiger partial charge in [-0.1, -0.05) is 54.6 Å². The molecule has 24 heavy (non-hydrogen) atoms. The molecular formula is C22H21NO. The molecule has 0 spiro atoms. The van der Waals surface area contributed by atoms with Crippen LogP contribution >= 0.6 is 0 Å². The lowest BCUT2D eigenvalue weighted by atomic mass is 9.98. The highest BCUT2D eigenvalue weighted by Gasteiger charge is 2.19. The maximum atomic E-state index is 5.26. The van der Waals surface area contributed by atoms with Gasteiger partial charge in [-0.2, -0.15) is 0 Å². The van der Waals surface area contributed by atoms with Crippen molar-refractivity contribution >= 4 is 5.69 Å². The number of methoxy groups -OCH3 is 1. The summed E-state index contributed by atoms with van der Waals surface area (Å²) in [6, 6.07) is 25.9. The largest absolute Gasteiger partial charge is 0.497 e. The van der Waals surface area contributed by atoms with Crippen LogP contribution in [0.3, 0.4) is 0 Å². The first-order valence-corrected chi connectivity index (χ1v) is 8.40. The Labute approximate surface area is 143 Å². The number of benzene rings is 3. The fourth-order valence-corrected chi connectivity index (χ4v) is 3.47. The molecule has 2 heteroatoms. The van der Waals surface area contributed by atoms with Gasteiger partial charge < -0.3 is 9.64 Å². The minimum atomic E-state index is 0.905. The van der Waals surface area contributed by atoms with Crippen LogP contribution in [-0.2, 0) is 13.0 Å². The second-order valence-electron chi connectivity index (χ2n) is 6.19. The molecule has 0 atom stereocenters. The lowest BCUT2D eigenvalue weighted by molar-refractivity contribution is 0.414. The summed E-state index contributed by atoms with van der Waals surface area (Å²) in [5.74, 6) is 0.905. The van der Waals surface area contributed by atoms with E-state index in [1.54, 1.807) is 7.11 Å². The number of ether oxygens (including phenoxy) is 1. The molecule has 1 aliphatic rings. The lowest BCUT2D eigenvalue weighted by Crippen LogP contribution is -2.24. The van der Waals surface area contributed by atoms with Crippen molar-refractivity contribution in [3.05, 3.63) is 83.9 Å². The van der Waals surface area contributed by atoms with Gasteiger partial charge in [0, 0.05) is 24.3 Å². The van der Waals surface area contributed by atoms with Crippen LogP contribution in [0.25, 0.3) is 11.1 Å². The van der Waals surface area contributed by atoms with Crippen LogP contribution in [0.2, 0.25) is 0 Å². The molecule has 2 nitrogen and oxygen atoms in total. The summed E-state index contributed by atoms with van der Waals surface area (Å²) in [6.07, 6.45) is 1.07. The Balaban J connectivity index is 1.70. The number of fused-ring (bicyclic) bond motifs is 3. The number of para-hydroxylation sites is 1. The Morgan fingerprint density at radius 2 is 1.54 bits per heavy atom. The molecule has 0 saturated carbocycles. The van der Waals surface area contributed by atoms with Crippen molar-refractivity contribution in [2.45, 2.75) is 13.0 Å². The molecule has 4 rings (SSSR count). The summed E-state index contributed by atoms with van der Waals surface area (Å²) in [7, 11) is 1.71. The standard InChI is InChI=1S/C22H21NO/c1-24-19-12-10-17(11-13-19)16-23-15-14-18-6-2-3-7-20(18)21-8-4-5-9-22(21)23/h2-13H,14-16H2,1H3. The number of anilines is 1. The molecule has 0 radical (unpaired) electrons. The molecule has 1 aliphatic heterocycles. The van der Waals surface area contributed by atoms with Gasteiger partial charge in [-0.15, -0.1) is 0 Å². The van der Waals surface area contributed by atoms with Gasteiger partial charge in [0.15, 0.2) is 0 Å². The Kier molecular flexibility index (Phi) is 3.96. The van der Waals surface area contributed by atoms with Crippen molar-refractivity contribution in [2.24, 2.45) is 0 Å². The van der Waals surface area contributed by atoms with Crippen LogP contribution in [0.1, 0.15) is 11.1 Å². The zero-order chi connectivity index (χ0) is 16.4. The number of nitrogens with zero attached hydrogens (tertiary/aromatic N) is 1. The fourth-order valence-electron chi connectivity index (χ4n) is 3.47. The third kappa shape index (κ3) is 2.76. The van der Waals surface area contributed by atoms with Crippen LogP contribution in [-0.4, -0.2) is 13.7 Å². The predicted molar refractivity (Wildman–Crippen MR) is 99.6 cm³/mol. The Hall–Kier alpha value is -2.74. The molecule has 0 fully saturated rings. The van der Waals surface area contributed by atoms with Gasteiger partial charge in [0.2, 0.25) is 0 Å².